The van der Waals surface area contributed by atoms with Crippen molar-refractivity contribution in [1.82, 2.24) is 15.2 Å². The molecule has 10 heteroatoms. The lowest BCUT2D eigenvalue weighted by Gasteiger charge is -2.30. The van der Waals surface area contributed by atoms with Gasteiger partial charge in [-0.1, -0.05) is 30.3 Å². The number of amides is 3. The molecule has 4 aromatic rings. The Balaban J connectivity index is 1.33. The number of aromatic amines is 1. The largest absolute Gasteiger partial charge is 0.488 e. The van der Waals surface area contributed by atoms with Gasteiger partial charge >= 0.3 is 0 Å². The van der Waals surface area contributed by atoms with Crippen molar-refractivity contribution in [3.05, 3.63) is 93.6 Å². The zero-order valence-corrected chi connectivity index (χ0v) is 23.3. The van der Waals surface area contributed by atoms with Crippen LogP contribution in [0.4, 0.5) is 5.69 Å². The number of carbonyl (C=O) groups is 4. The van der Waals surface area contributed by atoms with E-state index < -0.39 is 6.04 Å². The summed E-state index contributed by atoms with van der Waals surface area (Å²) in [6.45, 7) is 0.676. The number of anilines is 1. The molecule has 2 heterocycles. The van der Waals surface area contributed by atoms with Gasteiger partial charge in [0, 0.05) is 34.1 Å². The molecule has 1 aliphatic rings. The number of piperidine rings is 1. The molecule has 3 aromatic carbocycles. The number of imide groups is 1. The summed E-state index contributed by atoms with van der Waals surface area (Å²) in [5.74, 6) is -0.355. The second-order valence-corrected chi connectivity index (χ2v) is 10.5. The molecule has 0 aliphatic carbocycles. The van der Waals surface area contributed by atoms with Gasteiger partial charge in [-0.2, -0.15) is 0 Å². The smallest absolute Gasteiger partial charge is 0.272 e. The predicted molar refractivity (Wildman–Crippen MR) is 154 cm³/mol. The first kappa shape index (κ1) is 27.3. The summed E-state index contributed by atoms with van der Waals surface area (Å²) < 4.78 is 6.85. The highest BCUT2D eigenvalue weighted by molar-refractivity contribution is 9.10. The molecule has 9 nitrogen and oxygen atoms in total. The van der Waals surface area contributed by atoms with Crippen LogP contribution in [0.2, 0.25) is 0 Å². The van der Waals surface area contributed by atoms with Gasteiger partial charge in [-0.05, 0) is 76.9 Å². The number of nitrogens with zero attached hydrogens (tertiary/aromatic N) is 1. The average molecular weight is 603 g/mol. The number of aldehydes is 1. The molecular formula is C30H27BrN4O5. The van der Waals surface area contributed by atoms with Crippen molar-refractivity contribution in [2.24, 2.45) is 0 Å². The molecule has 1 aliphatic heterocycles. The fourth-order valence-electron chi connectivity index (χ4n) is 4.76. The summed E-state index contributed by atoms with van der Waals surface area (Å²) in [4.78, 5) is 53.7. The summed E-state index contributed by atoms with van der Waals surface area (Å²) >= 11 is 3.54. The van der Waals surface area contributed by atoms with E-state index in [0.29, 0.717) is 41.3 Å². The van der Waals surface area contributed by atoms with Crippen LogP contribution in [0.15, 0.2) is 71.2 Å². The van der Waals surface area contributed by atoms with Crippen LogP contribution in [0.1, 0.15) is 44.8 Å². The van der Waals surface area contributed by atoms with E-state index in [1.807, 2.05) is 42.5 Å². The zero-order valence-electron chi connectivity index (χ0n) is 21.7. The summed E-state index contributed by atoms with van der Waals surface area (Å²) in [5.41, 5.74) is 3.71. The molecular weight excluding hydrogens is 576 g/mol. The van der Waals surface area contributed by atoms with Gasteiger partial charge in [0.15, 0.2) is 0 Å². The summed E-state index contributed by atoms with van der Waals surface area (Å²) in [5, 5.41) is 6.01. The number of halogens is 1. The Hall–Kier alpha value is -4.28. The van der Waals surface area contributed by atoms with Crippen molar-refractivity contribution in [2.45, 2.75) is 32.0 Å². The number of fused-ring (bicyclic) bond motifs is 1. The number of likely N-dealkylation sites (N-methyl/N-ethyl adjacent to an activating group) is 1. The minimum absolute atomic E-state index is 0.261. The van der Waals surface area contributed by atoms with Gasteiger partial charge in [-0.15, -0.1) is 0 Å². The second kappa shape index (κ2) is 11.8. The first-order chi connectivity index (χ1) is 19.3. The second-order valence-electron chi connectivity index (χ2n) is 9.66. The van der Waals surface area contributed by atoms with Gasteiger partial charge in [-0.25, -0.2) is 0 Å². The maximum Gasteiger partial charge on any atom is 0.272 e. The predicted octanol–water partition coefficient (Wildman–Crippen LogP) is 4.81. The van der Waals surface area contributed by atoms with E-state index >= 15 is 0 Å². The molecule has 1 unspecified atom stereocenters. The molecule has 204 valence electrons. The normalized spacial score (nSPS) is 15.2. The maximum absolute atomic E-state index is 13.2. The Labute approximate surface area is 239 Å². The standard InChI is InChI=1S/C30H27BrN4O5/c1-35(25-10-12-27(37)34-30(25)39)15-20-13-21(8-7-19(20)16-36)32-29(38)24-14-22-26(11-9-23(31)28(22)33-24)40-17-18-5-3-2-4-6-18/h2-9,11,13-14,16,25,33H,10,12,15,17H2,1H3,(H,32,38)(H,34,37,39). The molecule has 3 amide bonds. The monoisotopic (exact) mass is 602 g/mol. The van der Waals surface area contributed by atoms with Crippen molar-refractivity contribution in [3.63, 3.8) is 0 Å². The lowest BCUT2D eigenvalue weighted by Crippen LogP contribution is -2.51. The van der Waals surface area contributed by atoms with Gasteiger partial charge in [-0.3, -0.25) is 29.4 Å². The fourth-order valence-corrected chi connectivity index (χ4v) is 5.20. The van der Waals surface area contributed by atoms with E-state index in [9.17, 15) is 19.2 Å². The van der Waals surface area contributed by atoms with Crippen LogP contribution in [-0.2, 0) is 22.7 Å². The topological polar surface area (TPSA) is 121 Å². The third-order valence-corrected chi connectivity index (χ3v) is 7.54. The SMILES string of the molecule is CN(Cc1cc(NC(=O)c2cc3c(OCc4ccccc4)ccc(Br)c3[nH]2)ccc1C=O)C1CCC(=O)NC1=O. The average Bonchev–Trinajstić information content (AvgIpc) is 3.40. The number of carbonyl (C=O) groups excluding carboxylic acids is 4. The van der Waals surface area contributed by atoms with Gasteiger partial charge in [0.1, 0.15) is 24.3 Å². The fraction of sp³-hybridized carbons (Fsp3) is 0.200. The van der Waals surface area contributed by atoms with Crippen LogP contribution >= 0.6 is 15.9 Å². The Morgan fingerprint density at radius 2 is 1.93 bits per heavy atom. The summed E-state index contributed by atoms with van der Waals surface area (Å²) in [6.07, 6.45) is 1.41. The molecule has 1 fully saturated rings. The van der Waals surface area contributed by atoms with E-state index in [0.717, 1.165) is 27.2 Å². The molecule has 5 rings (SSSR count). The number of ether oxygens (including phenoxy) is 1. The van der Waals surface area contributed by atoms with Crippen LogP contribution in [0.5, 0.6) is 5.75 Å². The van der Waals surface area contributed by atoms with E-state index in [-0.39, 0.29) is 30.7 Å². The van der Waals surface area contributed by atoms with Crippen molar-refractivity contribution in [2.75, 3.05) is 12.4 Å². The summed E-state index contributed by atoms with van der Waals surface area (Å²) in [7, 11) is 1.76. The number of hydrogen-bond donors (Lipinski definition) is 3. The maximum atomic E-state index is 13.2. The van der Waals surface area contributed by atoms with Crippen LogP contribution in [0.25, 0.3) is 10.9 Å². The van der Waals surface area contributed by atoms with Crippen LogP contribution < -0.4 is 15.4 Å². The number of H-pyrrole nitrogens is 1. The lowest BCUT2D eigenvalue weighted by atomic mass is 10.0. The first-order valence-electron chi connectivity index (χ1n) is 12.7. The molecule has 40 heavy (non-hydrogen) atoms. The molecule has 1 atom stereocenters. The van der Waals surface area contributed by atoms with Gasteiger partial charge in [0.25, 0.3) is 5.91 Å². The van der Waals surface area contributed by atoms with Crippen LogP contribution in [-0.4, -0.2) is 47.0 Å². The minimum atomic E-state index is -0.487. The van der Waals surface area contributed by atoms with Gasteiger partial charge < -0.3 is 15.0 Å². The van der Waals surface area contributed by atoms with Crippen molar-refractivity contribution in [3.8, 4) is 5.75 Å². The third-order valence-electron chi connectivity index (χ3n) is 6.87. The van der Waals surface area contributed by atoms with Crippen LogP contribution in [0.3, 0.4) is 0 Å². The highest BCUT2D eigenvalue weighted by atomic mass is 79.9. The molecule has 3 N–H and O–H groups in total. The van der Waals surface area contributed by atoms with E-state index in [1.165, 1.54) is 0 Å². The number of nitrogens with one attached hydrogen (secondary N) is 3. The molecule has 1 saturated heterocycles. The highest BCUT2D eigenvalue weighted by Crippen LogP contribution is 2.33. The number of benzene rings is 3. The number of aromatic nitrogens is 1. The van der Waals surface area contributed by atoms with Crippen LogP contribution in [0, 0.1) is 0 Å². The lowest BCUT2D eigenvalue weighted by molar-refractivity contribution is -0.137. The molecule has 0 saturated carbocycles. The quantitative estimate of drug-likeness (QED) is 0.187. The van der Waals surface area contributed by atoms with E-state index in [2.05, 4.69) is 31.5 Å². The Morgan fingerprint density at radius 1 is 1.12 bits per heavy atom. The Morgan fingerprint density at radius 3 is 2.67 bits per heavy atom. The van der Waals surface area contributed by atoms with Gasteiger partial charge in [0.2, 0.25) is 11.8 Å². The van der Waals surface area contributed by atoms with E-state index in [1.54, 1.807) is 36.2 Å². The van der Waals surface area contributed by atoms with Crippen molar-refractivity contribution >= 4 is 56.5 Å². The zero-order chi connectivity index (χ0) is 28.2. The molecule has 0 radical (unpaired) electrons. The van der Waals surface area contributed by atoms with Crippen molar-refractivity contribution < 1.29 is 23.9 Å². The Bertz CT molecular complexity index is 1600. The first-order valence-corrected chi connectivity index (χ1v) is 13.5. The van der Waals surface area contributed by atoms with Crippen molar-refractivity contribution in [1.29, 1.82) is 0 Å². The minimum Gasteiger partial charge on any atom is -0.488 e. The summed E-state index contributed by atoms with van der Waals surface area (Å²) in [6, 6.07) is 19.8. The molecule has 1 aromatic heterocycles. The molecule has 0 bridgehead atoms. The van der Waals surface area contributed by atoms with E-state index in [4.69, 9.17) is 4.74 Å². The third kappa shape index (κ3) is 5.98. The van der Waals surface area contributed by atoms with Gasteiger partial charge in [0.05, 0.1) is 11.6 Å². The Kier molecular flexibility index (Phi) is 8.09. The molecule has 0 spiro atoms. The highest BCUT2D eigenvalue weighted by Gasteiger charge is 2.30. The number of rotatable bonds is 9. The number of hydrogen-bond acceptors (Lipinski definition) is 6.